The van der Waals surface area contributed by atoms with Crippen LogP contribution >= 0.6 is 45.2 Å². The van der Waals surface area contributed by atoms with Gasteiger partial charge in [-0.2, -0.15) is 49.8 Å². The highest BCUT2D eigenvalue weighted by Gasteiger charge is 2.48. The third-order valence-electron chi connectivity index (χ3n) is 20.9. The van der Waals surface area contributed by atoms with Crippen LogP contribution in [-0.2, 0) is 52.3 Å². The van der Waals surface area contributed by atoms with E-state index in [1.807, 2.05) is 116 Å². The molecule has 0 saturated heterocycles. The Labute approximate surface area is 715 Å². The van der Waals surface area contributed by atoms with Gasteiger partial charge >= 0.3 is 0 Å². The Morgan fingerprint density at radius 2 is 0.879 bits per heavy atom. The molecule has 2 aliphatic heterocycles. The van der Waals surface area contributed by atoms with Gasteiger partial charge in [-0.25, -0.2) is 24.4 Å². The first-order chi connectivity index (χ1) is 55.4. The molecule has 630 valence electrons. The van der Waals surface area contributed by atoms with Crippen molar-refractivity contribution in [2.45, 2.75) is 190 Å². The average molecular weight is 1890 g/mol. The summed E-state index contributed by atoms with van der Waals surface area (Å²) in [5.41, 5.74) is 7.41. The number of nitrogens with zero attached hydrogens (tertiary/aromatic N) is 17. The molecule has 2 aromatic carbocycles. The highest BCUT2D eigenvalue weighted by atomic mass is 127. The maximum absolute atomic E-state index is 13.9. The van der Waals surface area contributed by atoms with Crippen molar-refractivity contribution in [2.75, 3.05) is 118 Å². The average Bonchev–Trinajstić information content (AvgIpc) is 1.52. The molecule has 116 heavy (non-hydrogen) atoms. The zero-order valence-electron chi connectivity index (χ0n) is 70.9. The van der Waals surface area contributed by atoms with Crippen LogP contribution in [0.4, 0.5) is 11.6 Å². The zero-order valence-corrected chi connectivity index (χ0v) is 79.2. The molecular formula is C82H121I2N17O11Si4. The number of methoxy groups -OCH3 is 2. The monoisotopic (exact) mass is 1890 g/mol. The predicted octanol–water partition coefficient (Wildman–Crippen LogP) is 16.2. The molecule has 2 fully saturated rings. The number of amides is 1. The third kappa shape index (κ3) is 25.3. The second kappa shape index (κ2) is 42.6. The van der Waals surface area contributed by atoms with Gasteiger partial charge in [0.25, 0.3) is 5.91 Å². The molecule has 1 amide bonds. The highest BCUT2D eigenvalue weighted by molar-refractivity contribution is 14.1. The van der Waals surface area contributed by atoms with Crippen LogP contribution in [0, 0.1) is 7.14 Å². The molecule has 6 aromatic heterocycles. The first-order valence-electron chi connectivity index (χ1n) is 40.4. The Kier molecular flexibility index (Phi) is 33.7. The van der Waals surface area contributed by atoms with Crippen molar-refractivity contribution in [2.24, 2.45) is 20.4 Å². The van der Waals surface area contributed by atoms with E-state index >= 15 is 0 Å². The lowest BCUT2D eigenvalue weighted by Crippen LogP contribution is -2.51. The molecule has 2 aliphatic carbocycles. The lowest BCUT2D eigenvalue weighted by molar-refractivity contribution is -0.200. The molecule has 34 heteroatoms. The molecule has 28 nitrogen and oxygen atoms in total. The number of halogens is 2. The largest absolute Gasteiger partial charge is 0.382 e. The van der Waals surface area contributed by atoms with E-state index in [2.05, 4.69) is 154 Å². The Morgan fingerprint density at radius 1 is 0.491 bits per heavy atom. The van der Waals surface area contributed by atoms with Crippen molar-refractivity contribution in [3.63, 3.8) is 0 Å². The normalized spacial score (nSPS) is 18.3. The van der Waals surface area contributed by atoms with Crippen molar-refractivity contribution >= 4 is 136 Å². The summed E-state index contributed by atoms with van der Waals surface area (Å²) < 4.78 is 58.6. The van der Waals surface area contributed by atoms with Gasteiger partial charge in [-0.05, 0) is 145 Å². The van der Waals surface area contributed by atoms with Gasteiger partial charge in [0.2, 0.25) is 5.78 Å². The van der Waals surface area contributed by atoms with Crippen LogP contribution in [0.2, 0.25) is 103 Å². The minimum absolute atomic E-state index is 0.0627. The Balaban J connectivity index is 0.000000231. The van der Waals surface area contributed by atoms with E-state index in [0.29, 0.717) is 143 Å². The quantitative estimate of drug-likeness (QED) is 0.0113. The molecule has 8 aromatic rings. The topological polar surface area (TPSA) is 272 Å². The maximum atomic E-state index is 13.9. The fraction of sp³-hybridized carbons (Fsp3) is 0.561. The molecule has 0 radical (unpaired) electrons. The number of likely N-dealkylation sites (N-methyl/N-ethyl adjacent to an activating group) is 1. The van der Waals surface area contributed by atoms with Gasteiger partial charge in [-0.1, -0.05) is 115 Å². The van der Waals surface area contributed by atoms with Crippen LogP contribution in [0.25, 0.3) is 44.9 Å². The molecule has 8 heterocycles. The molecule has 0 bridgehead atoms. The SMILES string of the molecule is C1=NN=CC1.COCCOC1(C(=O)C2=NN=CC2)CCC(c2nc3c(-c4cnn(-c5ccccc5)c4)cnn3c(N(COCC[Si](C)(C)C)COCC[Si](C)(C)C)c2I)CC1.COCCOC1(C(=O)N(C)OC)CCC(c2nc3c(-c4cnn(-c5ccccc5)c4)cnn3c(N(COCC[Si](C)(C)C)COCC[Si](C)(C)C)c2I)CC1. The molecule has 4 aliphatic rings. The summed E-state index contributed by atoms with van der Waals surface area (Å²) in [6, 6.07) is 24.4. The maximum Gasteiger partial charge on any atom is 0.278 e. The predicted molar refractivity (Wildman–Crippen MR) is 488 cm³/mol. The van der Waals surface area contributed by atoms with Crippen LogP contribution < -0.4 is 9.80 Å². The second-order valence-corrected chi connectivity index (χ2v) is 59.4. The van der Waals surface area contributed by atoms with Gasteiger partial charge in [0.1, 0.15) is 43.8 Å². The van der Waals surface area contributed by atoms with E-state index in [9.17, 15) is 9.59 Å². The van der Waals surface area contributed by atoms with Crippen molar-refractivity contribution in [3.05, 3.63) is 116 Å². The number of aromatic nitrogens is 10. The van der Waals surface area contributed by atoms with E-state index in [-0.39, 0.29) is 23.5 Å². The van der Waals surface area contributed by atoms with E-state index < -0.39 is 43.5 Å². The summed E-state index contributed by atoms with van der Waals surface area (Å²) in [7, 11) is 1.18. The van der Waals surface area contributed by atoms with Crippen LogP contribution in [0.1, 0.15) is 87.4 Å². The number of hydroxylamine groups is 2. The summed E-state index contributed by atoms with van der Waals surface area (Å²) in [5, 5.41) is 35.8. The van der Waals surface area contributed by atoms with Crippen LogP contribution in [-0.4, -0.2) is 242 Å². The van der Waals surface area contributed by atoms with Gasteiger partial charge in [0.05, 0.1) is 88.2 Å². The van der Waals surface area contributed by atoms with Crippen molar-refractivity contribution in [1.29, 1.82) is 0 Å². The molecule has 0 atom stereocenters. The number of para-hydroxylation sites is 2. The number of hydrogen-bond donors (Lipinski definition) is 0. The minimum atomic E-state index is -1.31. The number of fused-ring (bicyclic) bond motifs is 2. The number of rotatable bonds is 40. The number of benzene rings is 2. The zero-order chi connectivity index (χ0) is 83.3. The number of carbonyl (C=O) groups excluding carboxylic acids is 2. The first kappa shape index (κ1) is 91.8. The fourth-order valence-electron chi connectivity index (χ4n) is 13.8. The molecule has 0 N–H and O–H groups in total. The lowest BCUT2D eigenvalue weighted by atomic mass is 9.74. The van der Waals surface area contributed by atoms with Crippen LogP contribution in [0.15, 0.2) is 118 Å². The number of Topliss-reactive ketones (excluding diaryl/α,β-unsaturated/α-hetero) is 1. The van der Waals surface area contributed by atoms with Crippen molar-refractivity contribution in [1.82, 2.24) is 53.8 Å². The van der Waals surface area contributed by atoms with Gasteiger partial charge in [0, 0.05) is 158 Å². The molecular weight excluding hydrogens is 1770 g/mol. The fourth-order valence-corrected chi connectivity index (χ4v) is 19.1. The van der Waals surface area contributed by atoms with Gasteiger partial charge in [-0.15, -0.1) is 0 Å². The van der Waals surface area contributed by atoms with Crippen LogP contribution in [0.3, 0.4) is 0 Å². The number of ether oxygens (including phenoxy) is 8. The summed E-state index contributed by atoms with van der Waals surface area (Å²) in [5.74, 6) is 1.63. The number of carbonyl (C=O) groups is 2. The first-order valence-corrected chi connectivity index (χ1v) is 57.3. The summed E-state index contributed by atoms with van der Waals surface area (Å²) in [4.78, 5) is 48.1. The molecule has 12 rings (SSSR count). The Bertz CT molecular complexity index is 4540. The molecule has 0 spiro atoms. The minimum Gasteiger partial charge on any atom is -0.382 e. The van der Waals surface area contributed by atoms with E-state index in [4.69, 9.17) is 73.1 Å². The van der Waals surface area contributed by atoms with Crippen LogP contribution in [0.5, 0.6) is 0 Å². The number of ketones is 1. The molecule has 2 saturated carbocycles. The highest BCUT2D eigenvalue weighted by Crippen LogP contribution is 2.47. The standard InChI is InChI=1S/C40H57IN8O5Si2.C39H60IN7O6Si2.C3H4N2/c1-51-19-20-54-40(37(50)34-15-18-42-46-34)16-13-30(14-17-40)36-35(41)39(47(28-52-21-23-55(2,3)4)29-53-22-24-56(5,6)7)49-38(45-36)33(26-44-49)31-25-43-48(27-31)32-11-9-8-10-12-32;1-44(50-3)38(48)39(53-20-19-49-2)17-15-30(16-18-39)35-34(40)37(45(28-51-21-23-54(4,5)6)29-52-22-24-55(7,8)9)47-36(43-35)33(26-42-47)31-25-41-46(27-31)32-13-11-10-12-14-32;1-2-4-5-3-1/h8-12,18,25-27,30H,13-17,19-24,28-29H2,1-7H3;10-14,25-27,30H,15-24,28-29H2,1-9H3;2-3H,1H2. The summed E-state index contributed by atoms with van der Waals surface area (Å²) >= 11 is 4.88. The molecule has 0 unspecified atom stereocenters. The van der Waals surface area contributed by atoms with E-state index in [1.54, 1.807) is 39.9 Å². The van der Waals surface area contributed by atoms with Crippen molar-refractivity contribution < 1.29 is 52.3 Å². The Hall–Kier alpha value is -6.51. The number of anilines is 2. The lowest BCUT2D eigenvalue weighted by Gasteiger charge is -2.40. The summed E-state index contributed by atoms with van der Waals surface area (Å²) in [6.45, 7) is 34.0. The van der Waals surface area contributed by atoms with Gasteiger partial charge in [0.15, 0.2) is 22.9 Å². The third-order valence-corrected chi connectivity index (χ3v) is 29.8. The Morgan fingerprint density at radius 3 is 1.22 bits per heavy atom. The van der Waals surface area contributed by atoms with Gasteiger partial charge in [-0.3, -0.25) is 14.4 Å². The van der Waals surface area contributed by atoms with Gasteiger partial charge < -0.3 is 47.7 Å². The van der Waals surface area contributed by atoms with E-state index in [0.717, 1.165) is 106 Å². The smallest absolute Gasteiger partial charge is 0.278 e. The van der Waals surface area contributed by atoms with E-state index in [1.165, 1.54) is 12.2 Å². The summed E-state index contributed by atoms with van der Waals surface area (Å²) in [6.07, 6.45) is 23.0. The second-order valence-electron chi connectivity index (χ2n) is 34.8. The van der Waals surface area contributed by atoms with Crippen molar-refractivity contribution in [3.8, 4) is 33.6 Å². The number of hydrogen-bond acceptors (Lipinski definition) is 23.